The van der Waals surface area contributed by atoms with Gasteiger partial charge in [-0.15, -0.1) is 0 Å². The number of nitrogens with one attached hydrogen (secondary N) is 2. The van der Waals surface area contributed by atoms with Crippen LogP contribution in [0.15, 0.2) is 11.2 Å². The van der Waals surface area contributed by atoms with E-state index in [1.54, 1.807) is 0 Å². The molecule has 0 bridgehead atoms. The van der Waals surface area contributed by atoms with Gasteiger partial charge in [0.05, 0.1) is 18.4 Å². The van der Waals surface area contributed by atoms with Crippen molar-refractivity contribution < 1.29 is 0 Å². The molecule has 0 spiro atoms. The van der Waals surface area contributed by atoms with Gasteiger partial charge in [-0.3, -0.25) is 4.99 Å². The molecule has 1 heterocycles. The number of rotatable bonds is 4. The van der Waals surface area contributed by atoms with E-state index in [1.165, 1.54) is 25.7 Å². The summed E-state index contributed by atoms with van der Waals surface area (Å²) in [5.41, 5.74) is 1.14. The maximum Gasteiger partial charge on any atom is 0.204 e. The van der Waals surface area contributed by atoms with Gasteiger partial charge < -0.3 is 20.1 Å². The third-order valence-electron chi connectivity index (χ3n) is 3.82. The van der Waals surface area contributed by atoms with Gasteiger partial charge in [0, 0.05) is 34.2 Å². The molecular formula is C14H26N6. The van der Waals surface area contributed by atoms with Crippen LogP contribution in [0, 0.1) is 0 Å². The quantitative estimate of drug-likeness (QED) is 0.639. The summed E-state index contributed by atoms with van der Waals surface area (Å²) in [6.45, 7) is 0.726. The van der Waals surface area contributed by atoms with Crippen molar-refractivity contribution in [3.8, 4) is 0 Å². The number of anilines is 1. The van der Waals surface area contributed by atoms with Gasteiger partial charge in [-0.1, -0.05) is 12.8 Å². The predicted molar refractivity (Wildman–Crippen MR) is 83.1 cm³/mol. The lowest BCUT2D eigenvalue weighted by Crippen LogP contribution is -2.42. The van der Waals surface area contributed by atoms with Gasteiger partial charge in [-0.05, 0) is 12.8 Å². The minimum absolute atomic E-state index is 0.574. The van der Waals surface area contributed by atoms with Crippen LogP contribution in [0.1, 0.15) is 31.4 Å². The third-order valence-corrected chi connectivity index (χ3v) is 3.82. The fraction of sp³-hybridized carbons (Fsp3) is 0.714. The lowest BCUT2D eigenvalue weighted by atomic mass is 10.2. The molecule has 1 saturated carbocycles. The Labute approximate surface area is 121 Å². The largest absolute Gasteiger partial charge is 0.354 e. The normalized spacial score (nSPS) is 16.5. The molecule has 1 fully saturated rings. The molecule has 0 atom stereocenters. The number of aliphatic imine (C=N–C) groups is 1. The standard InChI is InChI=1S/C14H26N6/c1-15-13(18-11-7-5-6-8-11)16-9-12-10-17-14(19(2)3)20(12)4/h10-11H,5-9H2,1-4H3,(H2,15,16,18). The molecule has 0 aliphatic heterocycles. The number of nitrogens with zero attached hydrogens (tertiary/aromatic N) is 4. The van der Waals surface area contributed by atoms with Crippen LogP contribution in [0.2, 0.25) is 0 Å². The van der Waals surface area contributed by atoms with Crippen LogP contribution in [-0.4, -0.2) is 42.7 Å². The van der Waals surface area contributed by atoms with E-state index in [0.29, 0.717) is 6.04 Å². The van der Waals surface area contributed by atoms with E-state index in [2.05, 4.69) is 25.2 Å². The first-order chi connectivity index (χ1) is 9.61. The SMILES string of the molecule is CN=C(NCc1cnc(N(C)C)n1C)NC1CCCC1. The Balaban J connectivity index is 1.89. The zero-order valence-corrected chi connectivity index (χ0v) is 13.0. The third kappa shape index (κ3) is 3.43. The lowest BCUT2D eigenvalue weighted by molar-refractivity contribution is 0.611. The van der Waals surface area contributed by atoms with Crippen molar-refractivity contribution in [1.82, 2.24) is 20.2 Å². The predicted octanol–water partition coefficient (Wildman–Crippen LogP) is 1.09. The van der Waals surface area contributed by atoms with Gasteiger partial charge in [0.2, 0.25) is 5.95 Å². The molecule has 2 rings (SSSR count). The number of aromatic nitrogens is 2. The van der Waals surface area contributed by atoms with E-state index in [0.717, 1.165) is 24.1 Å². The van der Waals surface area contributed by atoms with Gasteiger partial charge in [-0.25, -0.2) is 4.98 Å². The Kier molecular flexibility index (Phi) is 4.87. The smallest absolute Gasteiger partial charge is 0.204 e. The fourth-order valence-corrected chi connectivity index (χ4v) is 2.65. The number of guanidine groups is 1. The summed E-state index contributed by atoms with van der Waals surface area (Å²) < 4.78 is 2.09. The Bertz CT molecular complexity index is 456. The second-order valence-corrected chi connectivity index (χ2v) is 5.55. The molecule has 6 heteroatoms. The van der Waals surface area contributed by atoms with Gasteiger partial charge in [0.15, 0.2) is 5.96 Å². The van der Waals surface area contributed by atoms with Crippen molar-refractivity contribution >= 4 is 11.9 Å². The van der Waals surface area contributed by atoms with E-state index in [1.807, 2.05) is 39.3 Å². The maximum absolute atomic E-state index is 4.41. The van der Waals surface area contributed by atoms with E-state index >= 15 is 0 Å². The summed E-state index contributed by atoms with van der Waals surface area (Å²) in [7, 11) is 7.85. The van der Waals surface area contributed by atoms with Crippen LogP contribution >= 0.6 is 0 Å². The van der Waals surface area contributed by atoms with Gasteiger partial charge >= 0.3 is 0 Å². The summed E-state index contributed by atoms with van der Waals surface area (Å²) in [5, 5.41) is 6.85. The van der Waals surface area contributed by atoms with Crippen LogP contribution in [0.3, 0.4) is 0 Å². The van der Waals surface area contributed by atoms with E-state index in [4.69, 9.17) is 0 Å². The second kappa shape index (κ2) is 6.63. The molecule has 1 aromatic rings. The first-order valence-electron chi connectivity index (χ1n) is 7.27. The summed E-state index contributed by atoms with van der Waals surface area (Å²) in [6.07, 6.45) is 7.05. The van der Waals surface area contributed by atoms with E-state index < -0.39 is 0 Å². The Morgan fingerprint density at radius 1 is 1.45 bits per heavy atom. The molecular weight excluding hydrogens is 252 g/mol. The molecule has 0 radical (unpaired) electrons. The van der Waals surface area contributed by atoms with Crippen molar-refractivity contribution in [3.63, 3.8) is 0 Å². The fourth-order valence-electron chi connectivity index (χ4n) is 2.65. The van der Waals surface area contributed by atoms with E-state index in [9.17, 15) is 0 Å². The zero-order chi connectivity index (χ0) is 14.5. The van der Waals surface area contributed by atoms with Crippen LogP contribution in [0.25, 0.3) is 0 Å². The van der Waals surface area contributed by atoms with Crippen LogP contribution < -0.4 is 15.5 Å². The molecule has 0 aromatic carbocycles. The highest BCUT2D eigenvalue weighted by Crippen LogP contribution is 2.17. The molecule has 1 aliphatic rings. The van der Waals surface area contributed by atoms with Crippen LogP contribution in [0.4, 0.5) is 5.95 Å². The average molecular weight is 278 g/mol. The summed E-state index contributed by atoms with van der Waals surface area (Å²) >= 11 is 0. The highest BCUT2D eigenvalue weighted by Gasteiger charge is 2.16. The molecule has 112 valence electrons. The van der Waals surface area contributed by atoms with Crippen molar-refractivity contribution in [2.45, 2.75) is 38.3 Å². The Morgan fingerprint density at radius 2 is 2.15 bits per heavy atom. The van der Waals surface area contributed by atoms with Crippen molar-refractivity contribution in [2.75, 3.05) is 26.0 Å². The van der Waals surface area contributed by atoms with E-state index in [-0.39, 0.29) is 0 Å². The molecule has 2 N–H and O–H groups in total. The van der Waals surface area contributed by atoms with Gasteiger partial charge in [-0.2, -0.15) is 0 Å². The summed E-state index contributed by atoms with van der Waals surface area (Å²) in [4.78, 5) is 10.7. The minimum Gasteiger partial charge on any atom is -0.354 e. The topological polar surface area (TPSA) is 57.5 Å². The molecule has 0 amide bonds. The van der Waals surface area contributed by atoms with Crippen LogP contribution in [0.5, 0.6) is 0 Å². The molecule has 1 aliphatic carbocycles. The molecule has 0 unspecified atom stereocenters. The lowest BCUT2D eigenvalue weighted by Gasteiger charge is -2.17. The highest BCUT2D eigenvalue weighted by molar-refractivity contribution is 5.79. The van der Waals surface area contributed by atoms with Crippen molar-refractivity contribution in [3.05, 3.63) is 11.9 Å². The number of imidazole rings is 1. The molecule has 0 saturated heterocycles. The van der Waals surface area contributed by atoms with Gasteiger partial charge in [0.1, 0.15) is 0 Å². The monoisotopic (exact) mass is 278 g/mol. The van der Waals surface area contributed by atoms with Crippen molar-refractivity contribution in [1.29, 1.82) is 0 Å². The first kappa shape index (κ1) is 14.7. The summed E-state index contributed by atoms with van der Waals surface area (Å²) in [5.74, 6) is 1.84. The second-order valence-electron chi connectivity index (χ2n) is 5.55. The molecule has 20 heavy (non-hydrogen) atoms. The average Bonchev–Trinajstić information content (AvgIpc) is 3.04. The molecule has 6 nitrogen and oxygen atoms in total. The number of hydrogen-bond acceptors (Lipinski definition) is 3. The highest BCUT2D eigenvalue weighted by atomic mass is 15.3. The van der Waals surface area contributed by atoms with Crippen molar-refractivity contribution in [2.24, 2.45) is 12.0 Å². The minimum atomic E-state index is 0.574. The Hall–Kier alpha value is -1.72. The first-order valence-corrected chi connectivity index (χ1v) is 7.27. The summed E-state index contributed by atoms with van der Waals surface area (Å²) in [6, 6.07) is 0.574. The van der Waals surface area contributed by atoms with Gasteiger partial charge in [0.25, 0.3) is 0 Å². The maximum atomic E-state index is 4.41. The zero-order valence-electron chi connectivity index (χ0n) is 13.0. The number of hydrogen-bond donors (Lipinski definition) is 2. The Morgan fingerprint density at radius 3 is 2.70 bits per heavy atom. The molecule has 1 aromatic heterocycles. The van der Waals surface area contributed by atoms with Crippen LogP contribution in [-0.2, 0) is 13.6 Å².